The number of alkyl halides is 3. The quantitative estimate of drug-likeness (QED) is 0.209. The molecule has 44 heavy (non-hydrogen) atoms. The zero-order valence-corrected chi connectivity index (χ0v) is 23.6. The van der Waals surface area contributed by atoms with Gasteiger partial charge in [-0.05, 0) is 61.2 Å². The van der Waals surface area contributed by atoms with Crippen molar-refractivity contribution in [3.63, 3.8) is 0 Å². The second kappa shape index (κ2) is 11.3. The van der Waals surface area contributed by atoms with Gasteiger partial charge in [0.1, 0.15) is 22.8 Å². The van der Waals surface area contributed by atoms with Crippen molar-refractivity contribution in [1.29, 1.82) is 1.45 Å². The van der Waals surface area contributed by atoms with Crippen molar-refractivity contribution >= 4 is 23.2 Å². The number of amides is 1. The number of likely N-dealkylation sites (N-methyl/N-ethyl adjacent to an activating group) is 1. The van der Waals surface area contributed by atoms with Gasteiger partial charge in [0.05, 0.1) is 18.2 Å². The van der Waals surface area contributed by atoms with Crippen LogP contribution in [0.5, 0.6) is 5.75 Å². The van der Waals surface area contributed by atoms with Crippen LogP contribution in [0.25, 0.3) is 16.9 Å². The maximum absolute atomic E-state index is 13.9. The number of aromatic hydroxyl groups is 1. The lowest BCUT2D eigenvalue weighted by Crippen LogP contribution is -2.65. The Labute approximate surface area is 250 Å². The largest absolute Gasteiger partial charge is 0.508 e. The number of nitrogens with zero attached hydrogens (tertiary/aromatic N) is 1. The first-order valence-corrected chi connectivity index (χ1v) is 13.4. The van der Waals surface area contributed by atoms with Crippen LogP contribution in [-0.4, -0.2) is 82.7 Å². The van der Waals surface area contributed by atoms with Crippen LogP contribution >= 0.6 is 0 Å². The summed E-state index contributed by atoms with van der Waals surface area (Å²) in [7, 11) is 3.04. The Bertz CT molecular complexity index is 1610. The lowest BCUT2D eigenvalue weighted by Gasteiger charge is -2.50. The van der Waals surface area contributed by atoms with Crippen molar-refractivity contribution in [3.8, 4) is 16.9 Å². The van der Waals surface area contributed by atoms with Crippen molar-refractivity contribution in [2.24, 2.45) is 17.6 Å². The van der Waals surface area contributed by atoms with Gasteiger partial charge in [-0.15, -0.1) is 0 Å². The topological polar surface area (TPSA) is 173 Å². The number of phenolic OH excluding ortho intramolecular Hbond substituents is 1. The Morgan fingerprint density at radius 2 is 1.77 bits per heavy atom. The number of fused-ring (bicyclic) bond motifs is 3. The number of carbonyl (C=O) groups is 3. The molecular weight excluding hydrogens is 590 g/mol. The van der Waals surface area contributed by atoms with Crippen LogP contribution in [0.2, 0.25) is 0 Å². The van der Waals surface area contributed by atoms with Crippen molar-refractivity contribution in [2.45, 2.75) is 37.2 Å². The molecule has 0 spiro atoms. The predicted octanol–water partition coefficient (Wildman–Crippen LogP) is 2.44. The third-order valence-electron chi connectivity index (χ3n) is 8.52. The van der Waals surface area contributed by atoms with E-state index >= 15 is 0 Å². The first-order chi connectivity index (χ1) is 21.1. The predicted molar refractivity (Wildman–Crippen MR) is 150 cm³/mol. The number of aliphatic hydroxyl groups excluding tert-OH is 2. The van der Waals surface area contributed by atoms with Gasteiger partial charge in [0, 0.05) is 18.0 Å². The molecule has 1 fully saturated rings. The van der Waals surface area contributed by atoms with Crippen LogP contribution in [-0.2, 0) is 27.3 Å². The Kier molecular flexibility index (Phi) is 8.03. The summed E-state index contributed by atoms with van der Waals surface area (Å²) in [6.07, 6.45) is -4.29. The molecule has 7 N–H and O–H groups in total. The first-order valence-electron chi connectivity index (χ1n) is 13.8. The fourth-order valence-electron chi connectivity index (χ4n) is 6.67. The monoisotopic (exact) mass is 623 g/mol. The molecule has 3 aliphatic rings. The molecule has 0 heterocycles. The molecule has 4 atom stereocenters. The summed E-state index contributed by atoms with van der Waals surface area (Å²) in [5.41, 5.74) is 3.72. The minimum Gasteiger partial charge on any atom is -0.508 e. The molecule has 236 valence electrons. The van der Waals surface area contributed by atoms with Crippen LogP contribution in [0.15, 0.2) is 53.3 Å². The molecule has 14 heteroatoms. The number of benzene rings is 2. The van der Waals surface area contributed by atoms with Crippen molar-refractivity contribution in [1.82, 2.24) is 10.2 Å². The lowest BCUT2D eigenvalue weighted by molar-refractivity contribution is -0.153. The molecule has 1 saturated carbocycles. The van der Waals surface area contributed by atoms with Crippen molar-refractivity contribution in [3.05, 3.63) is 70.0 Å². The molecule has 3 aliphatic carbocycles. The van der Waals surface area contributed by atoms with E-state index in [1.807, 2.05) is 0 Å². The van der Waals surface area contributed by atoms with Crippen LogP contribution in [0.3, 0.4) is 0 Å². The standard InChI is InChI=1S/C30H30F3N3O7.FH/c1-36(2)23-18-10-15-9-17-16(14-5-3-13(4-6-14)11-35-12-29(31,32)33)7-8-19(37)21(17)24(38)20(15)26(40)30(18,43)27(41)22(25(23)39)28(34)42;/h3-8,15,18,23,35,37-38,41,43H,9-12H2,1-2H3,(H2,34,42);1H/t15-,18-,23-,30-;/m0./s1/i/hT. The Hall–Kier alpha value is -4.27. The smallest absolute Gasteiger partial charge is 0.401 e. The number of hydrogen-bond acceptors (Lipinski definition) is 9. The van der Waals surface area contributed by atoms with Gasteiger partial charge < -0.3 is 31.5 Å². The van der Waals surface area contributed by atoms with Crippen LogP contribution < -0.4 is 11.1 Å². The third kappa shape index (κ3) is 5.12. The Balaban J connectivity index is 0.00000226. The molecule has 0 radical (unpaired) electrons. The second-order valence-electron chi connectivity index (χ2n) is 11.4. The molecule has 0 unspecified atom stereocenters. The van der Waals surface area contributed by atoms with E-state index in [4.69, 9.17) is 10.5 Å². The first kappa shape index (κ1) is 31.2. The second-order valence-corrected chi connectivity index (χ2v) is 11.4. The maximum Gasteiger partial charge on any atom is 0.401 e. The van der Waals surface area contributed by atoms with Gasteiger partial charge in [-0.3, -0.25) is 24.0 Å². The fraction of sp³-hybridized carbons (Fsp3) is 0.367. The summed E-state index contributed by atoms with van der Waals surface area (Å²) >= 11 is 0. The summed E-state index contributed by atoms with van der Waals surface area (Å²) in [6.45, 7) is -1.15. The number of hydrogen-bond donors (Lipinski definition) is 6. The van der Waals surface area contributed by atoms with E-state index in [1.165, 1.54) is 25.1 Å². The number of rotatable bonds is 6. The molecule has 2 aromatic carbocycles. The van der Waals surface area contributed by atoms with E-state index in [0.717, 1.165) is 0 Å². The number of nitrogens with two attached hydrogens (primary N) is 1. The summed E-state index contributed by atoms with van der Waals surface area (Å²) in [5.74, 6) is -7.31. The number of ketones is 2. The molecule has 2 aromatic rings. The van der Waals surface area contributed by atoms with E-state index in [9.17, 15) is 48.0 Å². The third-order valence-corrected chi connectivity index (χ3v) is 8.52. The Morgan fingerprint density at radius 1 is 1.14 bits per heavy atom. The number of primary amides is 1. The molecule has 10 nitrogen and oxygen atoms in total. The lowest BCUT2D eigenvalue weighted by atomic mass is 9.57. The van der Waals surface area contributed by atoms with Crippen LogP contribution in [0.1, 0.15) is 23.1 Å². The molecule has 5 rings (SSSR count). The molecule has 0 aromatic heterocycles. The highest BCUT2D eigenvalue weighted by Gasteiger charge is 2.64. The van der Waals surface area contributed by atoms with E-state index in [0.29, 0.717) is 22.3 Å². The van der Waals surface area contributed by atoms with Gasteiger partial charge in [0.25, 0.3) is 7.36 Å². The van der Waals surface area contributed by atoms with Gasteiger partial charge in [-0.25, -0.2) is 0 Å². The average Bonchev–Trinajstić information content (AvgIpc) is 2.95. The summed E-state index contributed by atoms with van der Waals surface area (Å²) < 4.78 is 50.4. The van der Waals surface area contributed by atoms with Gasteiger partial charge >= 0.3 is 6.18 Å². The van der Waals surface area contributed by atoms with Crippen LogP contribution in [0, 0.1) is 11.8 Å². The molecule has 1 amide bonds. The zero-order valence-electron chi connectivity index (χ0n) is 24.6. The number of halogens is 4. The Morgan fingerprint density at radius 3 is 2.34 bits per heavy atom. The SMILES string of the molecule is CN(C)[C@@H]1C(=O)C(C(N)=O)=C(O)[C@@]2(O)C(=O)C3=C(O)c4c(O)ccc(-c5ccc(CNCC(F)(F)F)cc5)c4C[C@H]3C[C@@H]12.[3H]F. The van der Waals surface area contributed by atoms with Crippen molar-refractivity contribution in [2.75, 3.05) is 20.6 Å². The van der Waals surface area contributed by atoms with Gasteiger partial charge in [-0.2, -0.15) is 13.2 Å². The highest BCUT2D eigenvalue weighted by molar-refractivity contribution is 6.24. The van der Waals surface area contributed by atoms with Crippen molar-refractivity contribution < 1.29 is 52.7 Å². The number of Topliss-reactive ketones (excluding diaryl/α,β-unsaturated/α-hetero) is 2. The summed E-state index contributed by atoms with van der Waals surface area (Å²) in [4.78, 5) is 40.7. The number of nitrogens with one attached hydrogen (secondary N) is 1. The van der Waals surface area contributed by atoms with Gasteiger partial charge in [0.15, 0.2) is 11.4 Å². The molecule has 0 bridgehead atoms. The highest BCUT2D eigenvalue weighted by Crippen LogP contribution is 2.53. The number of phenols is 1. The molecule has 0 aliphatic heterocycles. The number of aliphatic hydroxyl groups is 3. The minimum absolute atomic E-state index is 0.0145. The maximum atomic E-state index is 13.9. The van der Waals surface area contributed by atoms with Crippen LogP contribution in [0.4, 0.5) is 17.9 Å². The highest BCUT2D eigenvalue weighted by atomic mass is 19.4. The number of carbonyl (C=O) groups excluding carboxylic acids is 3. The van der Waals surface area contributed by atoms with E-state index < -0.39 is 70.8 Å². The van der Waals surface area contributed by atoms with Gasteiger partial charge in [-0.1, -0.05) is 30.3 Å². The fourth-order valence-corrected chi connectivity index (χ4v) is 6.67. The molecule has 0 saturated heterocycles. The molecular formula is C30H31F4N3O7. The average molecular weight is 624 g/mol. The normalized spacial score (nSPS) is 25.1. The van der Waals surface area contributed by atoms with E-state index in [2.05, 4.69) is 6.77 Å². The minimum atomic E-state index is -4.34. The summed E-state index contributed by atoms with van der Waals surface area (Å²) in [6, 6.07) is 8.41. The summed E-state index contributed by atoms with van der Waals surface area (Å²) in [5, 5.41) is 47.1. The van der Waals surface area contributed by atoms with E-state index in [1.54, 1.807) is 30.3 Å². The van der Waals surface area contributed by atoms with E-state index in [-0.39, 0.29) is 36.3 Å². The zero-order chi connectivity index (χ0) is 33.6. The van der Waals surface area contributed by atoms with Gasteiger partial charge in [0.2, 0.25) is 5.78 Å².